The molecule has 1 amide bonds. The first-order valence-electron chi connectivity index (χ1n) is 11.6. The van der Waals surface area contributed by atoms with Crippen LogP contribution in [0.5, 0.6) is 0 Å². The Morgan fingerprint density at radius 2 is 1.81 bits per heavy atom. The van der Waals surface area contributed by atoms with Gasteiger partial charge < -0.3 is 9.80 Å². The number of hydrogen-bond donors (Lipinski definition) is 0. The maximum atomic E-state index is 14.6. The minimum atomic E-state index is -4.52. The van der Waals surface area contributed by atoms with Gasteiger partial charge in [-0.3, -0.25) is 4.79 Å². The van der Waals surface area contributed by atoms with Crippen LogP contribution in [0.25, 0.3) is 0 Å². The number of halogens is 5. The Balaban J connectivity index is 1.39. The number of aromatic nitrogens is 1. The number of carbonyl (C=O) groups excluding carboxylic acids is 1. The van der Waals surface area contributed by atoms with E-state index >= 15 is 0 Å². The molecule has 2 saturated heterocycles. The van der Waals surface area contributed by atoms with Crippen molar-refractivity contribution >= 4 is 33.2 Å². The topological polar surface area (TPSA) is 70.6 Å². The van der Waals surface area contributed by atoms with Crippen LogP contribution in [0, 0.1) is 11.7 Å². The van der Waals surface area contributed by atoms with Crippen LogP contribution in [0.1, 0.15) is 36.8 Å². The molecule has 36 heavy (non-hydrogen) atoms. The number of sulfone groups is 1. The lowest BCUT2D eigenvalue weighted by Gasteiger charge is -2.42. The third-order valence-electron chi connectivity index (χ3n) is 6.86. The molecule has 0 N–H and O–H groups in total. The van der Waals surface area contributed by atoms with Crippen LogP contribution in [0.15, 0.2) is 35.4 Å². The molecule has 0 aliphatic carbocycles. The Morgan fingerprint density at radius 3 is 2.39 bits per heavy atom. The highest BCUT2D eigenvalue weighted by Gasteiger charge is 2.36. The summed E-state index contributed by atoms with van der Waals surface area (Å²) in [4.78, 5) is 20.7. The lowest BCUT2D eigenvalue weighted by atomic mass is 9.88. The van der Waals surface area contributed by atoms with Crippen molar-refractivity contribution < 1.29 is 30.8 Å². The van der Waals surface area contributed by atoms with Crippen LogP contribution >= 0.6 is 11.6 Å². The van der Waals surface area contributed by atoms with E-state index in [1.54, 1.807) is 0 Å². The van der Waals surface area contributed by atoms with Gasteiger partial charge in [0.25, 0.3) is 0 Å². The molecule has 2 aromatic rings. The quantitative estimate of drug-likeness (QED) is 0.505. The van der Waals surface area contributed by atoms with Gasteiger partial charge in [0, 0.05) is 44.0 Å². The lowest BCUT2D eigenvalue weighted by molar-refractivity contribution is -0.141. The van der Waals surface area contributed by atoms with Gasteiger partial charge in [0.05, 0.1) is 15.5 Å². The number of amides is 1. The minimum Gasteiger partial charge on any atom is -0.355 e. The van der Waals surface area contributed by atoms with E-state index in [0.29, 0.717) is 50.3 Å². The van der Waals surface area contributed by atoms with E-state index in [0.717, 1.165) is 31.0 Å². The highest BCUT2D eigenvalue weighted by atomic mass is 35.5. The molecule has 2 aliphatic rings. The second kappa shape index (κ2) is 10.2. The first kappa shape index (κ1) is 26.7. The normalized spacial score (nSPS) is 20.2. The zero-order chi connectivity index (χ0) is 26.3. The monoisotopic (exact) mass is 547 g/mol. The number of piperidine rings is 2. The summed E-state index contributed by atoms with van der Waals surface area (Å²) in [5.74, 6) is -0.811. The molecule has 6 nitrogen and oxygen atoms in total. The van der Waals surface area contributed by atoms with E-state index < -0.39 is 33.3 Å². The van der Waals surface area contributed by atoms with Crippen molar-refractivity contribution in [3.8, 4) is 0 Å². The maximum absolute atomic E-state index is 14.6. The molecule has 3 heterocycles. The number of nitrogens with zero attached hydrogens (tertiary/aromatic N) is 3. The Bertz CT molecular complexity index is 1250. The van der Waals surface area contributed by atoms with Crippen molar-refractivity contribution in [2.45, 2.75) is 49.2 Å². The number of hydrogen-bond acceptors (Lipinski definition) is 5. The zero-order valence-corrected chi connectivity index (χ0v) is 21.1. The average molecular weight is 548 g/mol. The largest absolute Gasteiger partial charge is 0.417 e. The standard InChI is InChI=1S/C24H26ClF4N3O3S/c1-36(34,35)19-5-4-15(21(26)13-19)11-16-3-2-8-32(23(16)33)18-6-9-31(10-7-18)22-20(25)12-17(14-30-22)24(27,28)29/h4-5,12-14,16,18H,2-3,6-11H2,1H3/t16-/m1/s1. The predicted octanol–water partition coefficient (Wildman–Crippen LogP) is 4.75. The second-order valence-electron chi connectivity index (χ2n) is 9.35. The van der Waals surface area contributed by atoms with Crippen molar-refractivity contribution in [3.63, 3.8) is 0 Å². The van der Waals surface area contributed by atoms with Gasteiger partial charge in [-0.2, -0.15) is 13.2 Å². The molecular formula is C24H26ClF4N3O3S. The molecular weight excluding hydrogens is 522 g/mol. The van der Waals surface area contributed by atoms with Gasteiger partial charge in [-0.25, -0.2) is 17.8 Å². The number of alkyl halides is 3. The van der Waals surface area contributed by atoms with Gasteiger partial charge in [-0.1, -0.05) is 17.7 Å². The van der Waals surface area contributed by atoms with Crippen LogP contribution in [-0.4, -0.2) is 56.1 Å². The molecule has 0 unspecified atom stereocenters. The molecule has 1 atom stereocenters. The average Bonchev–Trinajstić information content (AvgIpc) is 2.80. The van der Waals surface area contributed by atoms with Crippen LogP contribution in [0.2, 0.25) is 5.02 Å². The summed E-state index contributed by atoms with van der Waals surface area (Å²) in [6, 6.07) is 4.61. The minimum absolute atomic E-state index is 0.0396. The van der Waals surface area contributed by atoms with Gasteiger partial charge in [0.2, 0.25) is 5.91 Å². The first-order valence-corrected chi connectivity index (χ1v) is 13.9. The van der Waals surface area contributed by atoms with Crippen molar-refractivity contribution in [1.82, 2.24) is 9.88 Å². The van der Waals surface area contributed by atoms with Crippen LogP contribution in [0.4, 0.5) is 23.4 Å². The molecule has 0 saturated carbocycles. The summed E-state index contributed by atoms with van der Waals surface area (Å²) in [6.07, 6.45) is 0.0495. The molecule has 4 rings (SSSR count). The molecule has 2 fully saturated rings. The fourth-order valence-corrected chi connectivity index (χ4v) is 5.84. The summed E-state index contributed by atoms with van der Waals surface area (Å²) in [7, 11) is -3.53. The van der Waals surface area contributed by atoms with E-state index in [1.165, 1.54) is 12.1 Å². The van der Waals surface area contributed by atoms with Crippen LogP contribution in [-0.2, 0) is 27.2 Å². The fourth-order valence-electron chi connectivity index (χ4n) is 4.93. The van der Waals surface area contributed by atoms with Crippen molar-refractivity contribution in [2.24, 2.45) is 5.92 Å². The van der Waals surface area contributed by atoms with E-state index in [2.05, 4.69) is 4.98 Å². The number of carbonyl (C=O) groups is 1. The number of anilines is 1. The summed E-state index contributed by atoms with van der Waals surface area (Å²) in [5.41, 5.74) is -0.598. The summed E-state index contributed by atoms with van der Waals surface area (Å²) < 4.78 is 76.6. The van der Waals surface area contributed by atoms with E-state index in [4.69, 9.17) is 11.6 Å². The maximum Gasteiger partial charge on any atom is 0.417 e. The molecule has 0 spiro atoms. The SMILES string of the molecule is CS(=O)(=O)c1ccc(C[C@H]2CCCN(C3CCN(c4ncc(C(F)(F)F)cc4Cl)CC3)C2=O)c(F)c1. The van der Waals surface area contributed by atoms with Crippen LogP contribution in [0.3, 0.4) is 0 Å². The Morgan fingerprint density at radius 1 is 1.11 bits per heavy atom. The Labute approximate surface area is 212 Å². The smallest absolute Gasteiger partial charge is 0.355 e. The fraction of sp³-hybridized carbons (Fsp3) is 0.500. The van der Waals surface area contributed by atoms with Gasteiger partial charge in [0.15, 0.2) is 9.84 Å². The van der Waals surface area contributed by atoms with Crippen molar-refractivity contribution in [1.29, 1.82) is 0 Å². The molecule has 12 heteroatoms. The predicted molar refractivity (Wildman–Crippen MR) is 127 cm³/mol. The first-order chi connectivity index (χ1) is 16.8. The zero-order valence-electron chi connectivity index (χ0n) is 19.6. The van der Waals surface area contributed by atoms with Crippen LogP contribution < -0.4 is 4.90 Å². The summed E-state index contributed by atoms with van der Waals surface area (Å²) in [6.45, 7) is 1.56. The number of pyridine rings is 1. The Kier molecular flexibility index (Phi) is 7.52. The molecule has 196 valence electrons. The molecule has 2 aliphatic heterocycles. The highest BCUT2D eigenvalue weighted by molar-refractivity contribution is 7.90. The number of rotatable bonds is 5. The van der Waals surface area contributed by atoms with Gasteiger partial charge in [0.1, 0.15) is 11.6 Å². The lowest BCUT2D eigenvalue weighted by Crippen LogP contribution is -2.52. The van der Waals surface area contributed by atoms with E-state index in [-0.39, 0.29) is 28.3 Å². The van der Waals surface area contributed by atoms with Crippen molar-refractivity contribution in [3.05, 3.63) is 52.4 Å². The number of likely N-dealkylation sites (tertiary alicyclic amines) is 1. The Hall–Kier alpha value is -2.40. The third kappa shape index (κ3) is 5.77. The molecule has 1 aromatic carbocycles. The van der Waals surface area contributed by atoms with E-state index in [9.17, 15) is 30.8 Å². The van der Waals surface area contributed by atoms with Gasteiger partial charge in [-0.05, 0) is 55.9 Å². The number of benzene rings is 1. The van der Waals surface area contributed by atoms with E-state index in [1.807, 2.05) is 9.80 Å². The summed E-state index contributed by atoms with van der Waals surface area (Å²) in [5, 5.41) is -0.0682. The molecule has 0 radical (unpaired) electrons. The molecule has 1 aromatic heterocycles. The van der Waals surface area contributed by atoms with Gasteiger partial charge in [-0.15, -0.1) is 0 Å². The third-order valence-corrected chi connectivity index (χ3v) is 8.25. The molecule has 0 bridgehead atoms. The highest BCUT2D eigenvalue weighted by Crippen LogP contribution is 2.35. The van der Waals surface area contributed by atoms with Gasteiger partial charge >= 0.3 is 6.18 Å². The van der Waals surface area contributed by atoms with Crippen molar-refractivity contribution in [2.75, 3.05) is 30.8 Å². The second-order valence-corrected chi connectivity index (χ2v) is 11.8. The summed E-state index contributed by atoms with van der Waals surface area (Å²) >= 11 is 6.09.